The molecule has 6 heteroatoms. The Bertz CT molecular complexity index is 514. The van der Waals surface area contributed by atoms with E-state index in [0.717, 1.165) is 96.6 Å². The molecule has 0 aliphatic rings. The molecule has 0 spiro atoms. The molecule has 0 saturated heterocycles. The van der Waals surface area contributed by atoms with E-state index in [0.29, 0.717) is 26.0 Å². The number of hydrogen-bond acceptors (Lipinski definition) is 6. The number of carbonyl (C=O) groups excluding carboxylic acids is 2. The Hall–Kier alpha value is -1.14. The lowest BCUT2D eigenvalue weighted by molar-refractivity contribution is -0.150. The molecule has 37 heavy (non-hydrogen) atoms. The summed E-state index contributed by atoms with van der Waals surface area (Å²) in [4.78, 5) is 26.4. The monoisotopic (exact) mass is 527 g/mol. The van der Waals surface area contributed by atoms with Crippen molar-refractivity contribution in [3.63, 3.8) is 0 Å². The van der Waals surface area contributed by atoms with Crippen LogP contribution in [-0.2, 0) is 19.1 Å². The van der Waals surface area contributed by atoms with Gasteiger partial charge in [0.2, 0.25) is 0 Å². The van der Waals surface area contributed by atoms with E-state index in [1.165, 1.54) is 32.1 Å². The lowest BCUT2D eigenvalue weighted by Crippen LogP contribution is -2.29. The first-order valence-electron chi connectivity index (χ1n) is 15.8. The number of ether oxygens (including phenoxy) is 2. The van der Waals surface area contributed by atoms with E-state index < -0.39 is 0 Å². The van der Waals surface area contributed by atoms with Crippen LogP contribution in [0.15, 0.2) is 0 Å². The molecule has 1 unspecified atom stereocenters. The van der Waals surface area contributed by atoms with Crippen LogP contribution in [0.3, 0.4) is 0 Å². The fourth-order valence-corrected chi connectivity index (χ4v) is 4.60. The smallest absolute Gasteiger partial charge is 0.306 e. The molecular weight excluding hydrogens is 466 g/mol. The quantitative estimate of drug-likeness (QED) is 0.0834. The van der Waals surface area contributed by atoms with Crippen LogP contribution in [0.1, 0.15) is 149 Å². The van der Waals surface area contributed by atoms with E-state index in [1.807, 2.05) is 0 Å². The van der Waals surface area contributed by atoms with Gasteiger partial charge in [-0.2, -0.15) is 0 Å². The summed E-state index contributed by atoms with van der Waals surface area (Å²) in [6.07, 6.45) is 20.8. The maximum absolute atomic E-state index is 12.4. The molecule has 6 nitrogen and oxygen atoms in total. The largest absolute Gasteiger partial charge is 0.466 e. The number of esters is 2. The van der Waals surface area contributed by atoms with Gasteiger partial charge >= 0.3 is 11.9 Å². The number of nitrogens with zero attached hydrogens (tertiary/aromatic N) is 1. The average Bonchev–Trinajstić information content (AvgIpc) is 2.88. The third-order valence-electron chi connectivity index (χ3n) is 6.95. The Morgan fingerprint density at radius 2 is 1.16 bits per heavy atom. The van der Waals surface area contributed by atoms with Crippen molar-refractivity contribution in [1.82, 2.24) is 4.90 Å². The molecule has 0 saturated carbocycles. The molecule has 0 bridgehead atoms. The molecule has 1 N–H and O–H groups in total. The van der Waals surface area contributed by atoms with Crippen molar-refractivity contribution in [3.05, 3.63) is 0 Å². The summed E-state index contributed by atoms with van der Waals surface area (Å²) in [5.41, 5.74) is 0. The molecule has 1 atom stereocenters. The standard InChI is InChI=1S/C31H61NO5/c1-4-7-10-15-21-29(20-14-8-5-2)37-31(35)22-16-12-11-13-17-24-32(26-27-33)25-19-23-30(34)36-28-18-9-6-3/h29,33H,4-28H2,1-3H3. The number of rotatable bonds is 28. The number of aliphatic hydroxyl groups is 1. The van der Waals surface area contributed by atoms with Gasteiger partial charge in [0.1, 0.15) is 6.10 Å². The van der Waals surface area contributed by atoms with Crippen LogP contribution in [0.25, 0.3) is 0 Å². The van der Waals surface area contributed by atoms with Gasteiger partial charge in [0.25, 0.3) is 0 Å². The van der Waals surface area contributed by atoms with Gasteiger partial charge in [0.05, 0.1) is 13.2 Å². The van der Waals surface area contributed by atoms with E-state index >= 15 is 0 Å². The molecule has 0 aromatic rings. The lowest BCUT2D eigenvalue weighted by Gasteiger charge is -2.21. The highest BCUT2D eigenvalue weighted by Crippen LogP contribution is 2.17. The lowest BCUT2D eigenvalue weighted by atomic mass is 10.0. The van der Waals surface area contributed by atoms with Crippen LogP contribution in [0.4, 0.5) is 0 Å². The minimum absolute atomic E-state index is 0.0185. The summed E-state index contributed by atoms with van der Waals surface area (Å²) in [6, 6.07) is 0. The van der Waals surface area contributed by atoms with Crippen molar-refractivity contribution in [2.45, 2.75) is 155 Å². The Morgan fingerprint density at radius 3 is 1.86 bits per heavy atom. The summed E-state index contributed by atoms with van der Waals surface area (Å²) >= 11 is 0. The highest BCUT2D eigenvalue weighted by molar-refractivity contribution is 5.69. The fraction of sp³-hybridized carbons (Fsp3) is 0.935. The maximum atomic E-state index is 12.4. The predicted molar refractivity (Wildman–Crippen MR) is 154 cm³/mol. The molecule has 0 rings (SSSR count). The second-order valence-electron chi connectivity index (χ2n) is 10.6. The first-order valence-corrected chi connectivity index (χ1v) is 15.8. The van der Waals surface area contributed by atoms with E-state index in [2.05, 4.69) is 25.7 Å². The Balaban J connectivity index is 3.95. The van der Waals surface area contributed by atoms with Crippen molar-refractivity contribution in [2.24, 2.45) is 0 Å². The zero-order valence-electron chi connectivity index (χ0n) is 24.8. The third-order valence-corrected chi connectivity index (χ3v) is 6.95. The van der Waals surface area contributed by atoms with Crippen LogP contribution in [-0.4, -0.2) is 60.9 Å². The number of carbonyl (C=O) groups is 2. The highest BCUT2D eigenvalue weighted by atomic mass is 16.5. The van der Waals surface area contributed by atoms with E-state index in [9.17, 15) is 14.7 Å². The Kier molecular flexibility index (Phi) is 27.0. The van der Waals surface area contributed by atoms with Crippen molar-refractivity contribution >= 4 is 11.9 Å². The van der Waals surface area contributed by atoms with Crippen molar-refractivity contribution in [3.8, 4) is 0 Å². The zero-order chi connectivity index (χ0) is 27.4. The molecule has 220 valence electrons. The summed E-state index contributed by atoms with van der Waals surface area (Å²) in [5.74, 6) is -0.127. The Labute approximate surface area is 229 Å². The molecule has 0 amide bonds. The predicted octanol–water partition coefficient (Wildman–Crippen LogP) is 7.60. The minimum Gasteiger partial charge on any atom is -0.466 e. The van der Waals surface area contributed by atoms with Crippen LogP contribution < -0.4 is 0 Å². The highest BCUT2D eigenvalue weighted by Gasteiger charge is 2.14. The van der Waals surface area contributed by atoms with Gasteiger partial charge in [-0.25, -0.2) is 0 Å². The zero-order valence-corrected chi connectivity index (χ0v) is 24.8. The molecular formula is C31H61NO5. The average molecular weight is 528 g/mol. The van der Waals surface area contributed by atoms with E-state index in [1.54, 1.807) is 0 Å². The first-order chi connectivity index (χ1) is 18.1. The van der Waals surface area contributed by atoms with Gasteiger partial charge in [0, 0.05) is 19.4 Å². The van der Waals surface area contributed by atoms with Crippen LogP contribution in [0, 0.1) is 0 Å². The second kappa shape index (κ2) is 27.9. The molecule has 0 aliphatic carbocycles. The maximum Gasteiger partial charge on any atom is 0.306 e. The molecule has 0 heterocycles. The van der Waals surface area contributed by atoms with Gasteiger partial charge < -0.3 is 19.5 Å². The van der Waals surface area contributed by atoms with Crippen LogP contribution >= 0.6 is 0 Å². The molecule has 0 fully saturated rings. The second-order valence-corrected chi connectivity index (χ2v) is 10.6. The van der Waals surface area contributed by atoms with Crippen LogP contribution in [0.5, 0.6) is 0 Å². The molecule has 0 radical (unpaired) electrons. The van der Waals surface area contributed by atoms with Gasteiger partial charge in [-0.3, -0.25) is 9.59 Å². The Morgan fingerprint density at radius 1 is 0.622 bits per heavy atom. The number of aliphatic hydroxyl groups excluding tert-OH is 1. The van der Waals surface area contributed by atoms with Crippen molar-refractivity contribution in [2.75, 3.05) is 32.8 Å². The van der Waals surface area contributed by atoms with Gasteiger partial charge in [-0.15, -0.1) is 0 Å². The van der Waals surface area contributed by atoms with Crippen LogP contribution in [0.2, 0.25) is 0 Å². The first kappa shape index (κ1) is 35.9. The SMILES string of the molecule is CCCCCCC(CCCCC)OC(=O)CCCCCCCN(CCO)CCCC(=O)OCCCCC. The molecule has 0 aliphatic heterocycles. The van der Waals surface area contributed by atoms with E-state index in [4.69, 9.17) is 9.47 Å². The van der Waals surface area contributed by atoms with Crippen molar-refractivity contribution < 1.29 is 24.2 Å². The van der Waals surface area contributed by atoms with Gasteiger partial charge in [-0.1, -0.05) is 85.0 Å². The topological polar surface area (TPSA) is 76.1 Å². The summed E-state index contributed by atoms with van der Waals surface area (Å²) in [7, 11) is 0. The number of hydrogen-bond donors (Lipinski definition) is 1. The summed E-state index contributed by atoms with van der Waals surface area (Å²) in [6.45, 7) is 9.64. The minimum atomic E-state index is -0.109. The molecule has 0 aromatic heterocycles. The number of unbranched alkanes of at least 4 members (excludes halogenated alkanes) is 11. The van der Waals surface area contributed by atoms with Crippen molar-refractivity contribution in [1.29, 1.82) is 0 Å². The summed E-state index contributed by atoms with van der Waals surface area (Å²) in [5, 5.41) is 9.35. The molecule has 0 aromatic carbocycles. The van der Waals surface area contributed by atoms with E-state index in [-0.39, 0.29) is 24.6 Å². The summed E-state index contributed by atoms with van der Waals surface area (Å²) < 4.78 is 11.1. The normalized spacial score (nSPS) is 12.1. The fourth-order valence-electron chi connectivity index (χ4n) is 4.60. The van der Waals surface area contributed by atoms with Gasteiger partial charge in [-0.05, 0) is 64.5 Å². The third kappa shape index (κ3) is 24.9. The van der Waals surface area contributed by atoms with Gasteiger partial charge in [0.15, 0.2) is 0 Å².